The van der Waals surface area contributed by atoms with Gasteiger partial charge in [-0.05, 0) is 33.6 Å². The van der Waals surface area contributed by atoms with E-state index in [2.05, 4.69) is 0 Å². The van der Waals surface area contributed by atoms with Crippen LogP contribution >= 0.6 is 0 Å². The zero-order chi connectivity index (χ0) is 14.6. The fraction of sp³-hybridized carbons (Fsp3) is 0.857. The first-order valence-electron chi connectivity index (χ1n) is 6.87. The highest BCUT2D eigenvalue weighted by Gasteiger charge is 2.29. The molecule has 0 saturated carbocycles. The van der Waals surface area contributed by atoms with Crippen molar-refractivity contribution in [2.75, 3.05) is 13.1 Å². The molecule has 0 aromatic carbocycles. The molecule has 1 heterocycles. The van der Waals surface area contributed by atoms with Crippen molar-refractivity contribution in [1.82, 2.24) is 4.90 Å². The largest absolute Gasteiger partial charge is 0.460 e. The zero-order valence-electron chi connectivity index (χ0n) is 12.6. The van der Waals surface area contributed by atoms with Gasteiger partial charge in [0.25, 0.3) is 0 Å². The predicted octanol–water partition coefficient (Wildman–Crippen LogP) is 2.59. The molecule has 0 aromatic rings. The van der Waals surface area contributed by atoms with Crippen LogP contribution < -0.4 is 0 Å². The number of rotatable bonds is 2. The molecule has 1 aliphatic rings. The fourth-order valence-corrected chi connectivity index (χ4v) is 1.83. The lowest BCUT2D eigenvalue weighted by molar-refractivity contribution is -0.155. The number of likely N-dealkylation sites (tertiary alicyclic amines) is 1. The van der Waals surface area contributed by atoms with Crippen LogP contribution in [-0.4, -0.2) is 41.8 Å². The molecule has 1 amide bonds. The van der Waals surface area contributed by atoms with Crippen molar-refractivity contribution in [2.45, 2.75) is 59.2 Å². The molecule has 0 aromatic heterocycles. The molecule has 1 atom stereocenters. The van der Waals surface area contributed by atoms with Gasteiger partial charge in [0.2, 0.25) is 0 Å². The minimum Gasteiger partial charge on any atom is -0.460 e. The minimum atomic E-state index is -0.501. The van der Waals surface area contributed by atoms with Crippen molar-refractivity contribution < 1.29 is 19.1 Å². The summed E-state index contributed by atoms with van der Waals surface area (Å²) in [5, 5.41) is 0. The maximum atomic E-state index is 11.9. The van der Waals surface area contributed by atoms with Gasteiger partial charge in [0.1, 0.15) is 11.7 Å². The number of hydrogen-bond donors (Lipinski definition) is 0. The second kappa shape index (κ2) is 6.26. The minimum absolute atomic E-state index is 0.142. The number of carbonyl (C=O) groups excluding carboxylic acids is 2. The summed E-state index contributed by atoms with van der Waals surface area (Å²) in [6.45, 7) is 10.2. The topological polar surface area (TPSA) is 55.8 Å². The number of esters is 1. The molecule has 5 nitrogen and oxygen atoms in total. The third-order valence-electron chi connectivity index (χ3n) is 2.78. The summed E-state index contributed by atoms with van der Waals surface area (Å²) < 4.78 is 10.7. The molecule has 110 valence electrons. The highest BCUT2D eigenvalue weighted by atomic mass is 16.6. The summed E-state index contributed by atoms with van der Waals surface area (Å²) >= 11 is 0. The molecule has 0 radical (unpaired) electrons. The fourth-order valence-electron chi connectivity index (χ4n) is 1.83. The molecule has 1 aliphatic heterocycles. The van der Waals surface area contributed by atoms with Gasteiger partial charge in [0, 0.05) is 6.54 Å². The number of ether oxygens (including phenoxy) is 2. The molecule has 1 saturated heterocycles. The van der Waals surface area contributed by atoms with Gasteiger partial charge in [-0.15, -0.1) is 0 Å². The SMILES string of the molecule is CC(C)C(=O)OC1CCCN(C(=O)OC(C)(C)C)C1. The van der Waals surface area contributed by atoms with E-state index in [1.54, 1.807) is 18.7 Å². The van der Waals surface area contributed by atoms with E-state index in [1.807, 2.05) is 20.8 Å². The van der Waals surface area contributed by atoms with Crippen LogP contribution in [0.1, 0.15) is 47.5 Å². The Morgan fingerprint density at radius 1 is 1.26 bits per heavy atom. The maximum absolute atomic E-state index is 11.9. The smallest absolute Gasteiger partial charge is 0.410 e. The molecular weight excluding hydrogens is 246 g/mol. The predicted molar refractivity (Wildman–Crippen MR) is 71.8 cm³/mol. The number of nitrogens with zero attached hydrogens (tertiary/aromatic N) is 1. The lowest BCUT2D eigenvalue weighted by atomic mass is 10.1. The van der Waals surface area contributed by atoms with Crippen LogP contribution in [0.2, 0.25) is 0 Å². The van der Waals surface area contributed by atoms with Gasteiger partial charge in [-0.3, -0.25) is 4.79 Å². The van der Waals surface area contributed by atoms with Crippen LogP contribution in [0.5, 0.6) is 0 Å². The average molecular weight is 271 g/mol. The summed E-state index contributed by atoms with van der Waals surface area (Å²) in [4.78, 5) is 25.1. The Labute approximate surface area is 115 Å². The Hall–Kier alpha value is -1.26. The van der Waals surface area contributed by atoms with Gasteiger partial charge in [-0.2, -0.15) is 0 Å². The average Bonchev–Trinajstić information content (AvgIpc) is 2.27. The molecule has 19 heavy (non-hydrogen) atoms. The Kier molecular flexibility index (Phi) is 5.20. The Balaban J connectivity index is 2.50. The van der Waals surface area contributed by atoms with Crippen LogP contribution in [0, 0.1) is 5.92 Å². The monoisotopic (exact) mass is 271 g/mol. The van der Waals surface area contributed by atoms with E-state index in [0.717, 1.165) is 12.8 Å². The standard InChI is InChI=1S/C14H25NO4/c1-10(2)12(16)18-11-7-6-8-15(9-11)13(17)19-14(3,4)5/h10-11H,6-9H2,1-5H3. The molecule has 1 rings (SSSR count). The summed E-state index contributed by atoms with van der Waals surface area (Å²) in [6.07, 6.45) is 1.08. The van der Waals surface area contributed by atoms with E-state index in [0.29, 0.717) is 13.1 Å². The molecule has 0 spiro atoms. The van der Waals surface area contributed by atoms with E-state index in [9.17, 15) is 9.59 Å². The quantitative estimate of drug-likeness (QED) is 0.724. The van der Waals surface area contributed by atoms with Crippen molar-refractivity contribution in [3.63, 3.8) is 0 Å². The van der Waals surface area contributed by atoms with Crippen LogP contribution in [0.4, 0.5) is 4.79 Å². The molecule has 0 aliphatic carbocycles. The Morgan fingerprint density at radius 2 is 1.89 bits per heavy atom. The van der Waals surface area contributed by atoms with E-state index in [1.165, 1.54) is 0 Å². The zero-order valence-corrected chi connectivity index (χ0v) is 12.6. The summed E-state index contributed by atoms with van der Waals surface area (Å²) in [6, 6.07) is 0. The molecule has 0 N–H and O–H groups in total. The highest BCUT2D eigenvalue weighted by Crippen LogP contribution is 2.18. The van der Waals surface area contributed by atoms with Gasteiger partial charge >= 0.3 is 12.1 Å². The second-order valence-electron chi connectivity index (χ2n) is 6.28. The first kappa shape index (κ1) is 15.8. The van der Waals surface area contributed by atoms with Gasteiger partial charge < -0.3 is 14.4 Å². The van der Waals surface area contributed by atoms with Crippen LogP contribution in [0.15, 0.2) is 0 Å². The molecule has 5 heteroatoms. The summed E-state index contributed by atoms with van der Waals surface area (Å²) in [7, 11) is 0. The molecule has 1 unspecified atom stereocenters. The second-order valence-corrected chi connectivity index (χ2v) is 6.28. The summed E-state index contributed by atoms with van der Waals surface area (Å²) in [5.74, 6) is -0.354. The lowest BCUT2D eigenvalue weighted by Crippen LogP contribution is -2.46. The third kappa shape index (κ3) is 5.49. The first-order valence-corrected chi connectivity index (χ1v) is 6.87. The number of hydrogen-bond acceptors (Lipinski definition) is 4. The van der Waals surface area contributed by atoms with Gasteiger partial charge in [-0.25, -0.2) is 4.79 Å². The maximum Gasteiger partial charge on any atom is 0.410 e. The van der Waals surface area contributed by atoms with E-state index < -0.39 is 5.60 Å². The first-order chi connectivity index (χ1) is 8.69. The number of amides is 1. The molecular formula is C14H25NO4. The third-order valence-corrected chi connectivity index (χ3v) is 2.78. The van der Waals surface area contributed by atoms with Crippen molar-refractivity contribution in [3.05, 3.63) is 0 Å². The number of piperidine rings is 1. The molecule has 0 bridgehead atoms. The van der Waals surface area contributed by atoms with Gasteiger partial charge in [0.05, 0.1) is 12.5 Å². The van der Waals surface area contributed by atoms with Crippen LogP contribution in [0.25, 0.3) is 0 Å². The van der Waals surface area contributed by atoms with Crippen molar-refractivity contribution in [1.29, 1.82) is 0 Å². The van der Waals surface area contributed by atoms with Crippen molar-refractivity contribution in [2.24, 2.45) is 5.92 Å². The molecule has 1 fully saturated rings. The van der Waals surface area contributed by atoms with E-state index in [-0.39, 0.29) is 24.1 Å². The van der Waals surface area contributed by atoms with Crippen LogP contribution in [-0.2, 0) is 14.3 Å². The van der Waals surface area contributed by atoms with Gasteiger partial charge in [0.15, 0.2) is 0 Å². The number of carbonyl (C=O) groups is 2. The van der Waals surface area contributed by atoms with Crippen molar-refractivity contribution in [3.8, 4) is 0 Å². The lowest BCUT2D eigenvalue weighted by Gasteiger charge is -2.34. The normalized spacial score (nSPS) is 20.3. The van der Waals surface area contributed by atoms with Crippen LogP contribution in [0.3, 0.4) is 0 Å². The van der Waals surface area contributed by atoms with Crippen molar-refractivity contribution >= 4 is 12.1 Å². The highest BCUT2D eigenvalue weighted by molar-refractivity contribution is 5.72. The van der Waals surface area contributed by atoms with E-state index >= 15 is 0 Å². The van der Waals surface area contributed by atoms with Gasteiger partial charge in [-0.1, -0.05) is 13.8 Å². The Bertz CT molecular complexity index is 333. The summed E-state index contributed by atoms with van der Waals surface area (Å²) in [5.41, 5.74) is -0.501. The van der Waals surface area contributed by atoms with E-state index in [4.69, 9.17) is 9.47 Å². The Morgan fingerprint density at radius 3 is 2.42 bits per heavy atom.